The highest BCUT2D eigenvalue weighted by atomic mass is 79.9. The highest BCUT2D eigenvalue weighted by molar-refractivity contribution is 9.10. The highest BCUT2D eigenvalue weighted by Crippen LogP contribution is 2.23. The number of hydrogen-bond donors (Lipinski definition) is 1. The molecule has 108 valence electrons. The van der Waals surface area contributed by atoms with E-state index in [1.807, 2.05) is 18.2 Å². The number of nitrogens with zero attached hydrogens (tertiary/aromatic N) is 2. The normalized spacial score (nSPS) is 17.4. The number of hydrogen-bond acceptors (Lipinski definition) is 3. The second kappa shape index (κ2) is 7.66. The first-order chi connectivity index (χ1) is 9.69. The lowest BCUT2D eigenvalue weighted by atomic mass is 10.1. The lowest BCUT2D eigenvalue weighted by Gasteiger charge is -2.29. The number of rotatable bonds is 5. The van der Waals surface area contributed by atoms with Gasteiger partial charge in [-0.2, -0.15) is 5.26 Å². The van der Waals surface area contributed by atoms with Gasteiger partial charge in [-0.25, -0.2) is 0 Å². The Hall–Kier alpha value is -1.05. The van der Waals surface area contributed by atoms with Gasteiger partial charge in [0.05, 0.1) is 11.6 Å². The number of nitrogens with one attached hydrogen (secondary N) is 1. The number of piperidine rings is 1. The number of halogens is 1. The second-order valence-electron chi connectivity index (χ2n) is 5.65. The molecule has 0 aromatic heterocycles. The monoisotopic (exact) mass is 335 g/mol. The molecule has 1 fully saturated rings. The van der Waals surface area contributed by atoms with Crippen LogP contribution in [0, 0.1) is 17.2 Å². The number of anilines is 1. The van der Waals surface area contributed by atoms with Gasteiger partial charge in [-0.3, -0.25) is 0 Å². The van der Waals surface area contributed by atoms with Crippen LogP contribution in [0.3, 0.4) is 0 Å². The number of nitriles is 1. The van der Waals surface area contributed by atoms with Crippen LogP contribution < -0.4 is 5.32 Å². The predicted octanol–water partition coefficient (Wildman–Crippen LogP) is 3.85. The molecule has 0 bridgehead atoms. The molecule has 1 aromatic carbocycles. The minimum Gasteiger partial charge on any atom is -0.384 e. The molecule has 20 heavy (non-hydrogen) atoms. The molecule has 0 saturated carbocycles. The van der Waals surface area contributed by atoms with Crippen LogP contribution in [0.4, 0.5) is 5.69 Å². The first kappa shape index (κ1) is 15.3. The molecule has 1 heterocycles. The molecule has 1 aromatic rings. The zero-order valence-corrected chi connectivity index (χ0v) is 13.6. The first-order valence-electron chi connectivity index (χ1n) is 7.35. The summed E-state index contributed by atoms with van der Waals surface area (Å²) in [4.78, 5) is 2.57. The van der Waals surface area contributed by atoms with E-state index in [0.717, 1.165) is 16.7 Å². The molecule has 2 rings (SSSR count). The lowest BCUT2D eigenvalue weighted by Crippen LogP contribution is -2.35. The summed E-state index contributed by atoms with van der Waals surface area (Å²) >= 11 is 3.51. The van der Waals surface area contributed by atoms with Crippen molar-refractivity contribution in [1.29, 1.82) is 5.26 Å². The van der Waals surface area contributed by atoms with Gasteiger partial charge >= 0.3 is 0 Å². The zero-order valence-electron chi connectivity index (χ0n) is 12.0. The zero-order chi connectivity index (χ0) is 14.4. The van der Waals surface area contributed by atoms with Gasteiger partial charge in [0.2, 0.25) is 0 Å². The van der Waals surface area contributed by atoms with E-state index in [-0.39, 0.29) is 0 Å². The SMILES string of the molecule is CC(CNc1ccc(C#N)cc1Br)CN1CCCCC1. The van der Waals surface area contributed by atoms with Crippen LogP contribution in [0.1, 0.15) is 31.7 Å². The van der Waals surface area contributed by atoms with E-state index in [2.05, 4.69) is 39.1 Å². The number of benzene rings is 1. The largest absolute Gasteiger partial charge is 0.384 e. The minimum atomic E-state index is 0.621. The fourth-order valence-corrected chi connectivity index (χ4v) is 3.18. The van der Waals surface area contributed by atoms with Gasteiger partial charge in [0, 0.05) is 23.2 Å². The van der Waals surface area contributed by atoms with Gasteiger partial charge in [-0.1, -0.05) is 13.3 Å². The van der Waals surface area contributed by atoms with Crippen molar-refractivity contribution in [3.63, 3.8) is 0 Å². The lowest BCUT2D eigenvalue weighted by molar-refractivity contribution is 0.204. The van der Waals surface area contributed by atoms with E-state index in [4.69, 9.17) is 5.26 Å². The molecule has 1 unspecified atom stereocenters. The van der Waals surface area contributed by atoms with Crippen LogP contribution in [0.15, 0.2) is 22.7 Å². The van der Waals surface area contributed by atoms with Crippen molar-refractivity contribution < 1.29 is 0 Å². The summed E-state index contributed by atoms with van der Waals surface area (Å²) in [6.07, 6.45) is 4.09. The van der Waals surface area contributed by atoms with E-state index in [1.54, 1.807) is 0 Å². The molecule has 0 aliphatic carbocycles. The Morgan fingerprint density at radius 1 is 1.35 bits per heavy atom. The maximum absolute atomic E-state index is 8.86. The van der Waals surface area contributed by atoms with Crippen molar-refractivity contribution in [3.05, 3.63) is 28.2 Å². The molecular formula is C16H22BrN3. The van der Waals surface area contributed by atoms with Crippen molar-refractivity contribution in [2.24, 2.45) is 5.92 Å². The van der Waals surface area contributed by atoms with Crippen molar-refractivity contribution in [1.82, 2.24) is 4.90 Å². The summed E-state index contributed by atoms with van der Waals surface area (Å²) in [5.74, 6) is 0.621. The fraction of sp³-hybridized carbons (Fsp3) is 0.562. The van der Waals surface area contributed by atoms with Crippen molar-refractivity contribution in [3.8, 4) is 6.07 Å². The average molecular weight is 336 g/mol. The van der Waals surface area contributed by atoms with Crippen molar-refractivity contribution in [2.75, 3.05) is 31.5 Å². The van der Waals surface area contributed by atoms with Gasteiger partial charge < -0.3 is 10.2 Å². The molecule has 1 aliphatic rings. The van der Waals surface area contributed by atoms with Crippen LogP contribution in [0.5, 0.6) is 0 Å². The Labute approximate surface area is 130 Å². The maximum atomic E-state index is 8.86. The summed E-state index contributed by atoms with van der Waals surface area (Å²) in [5.41, 5.74) is 1.75. The third-order valence-corrected chi connectivity index (χ3v) is 4.41. The quantitative estimate of drug-likeness (QED) is 0.888. The molecule has 3 nitrogen and oxygen atoms in total. The number of likely N-dealkylation sites (tertiary alicyclic amines) is 1. The Kier molecular flexibility index (Phi) is 5.87. The van der Waals surface area contributed by atoms with Gasteiger partial charge in [0.25, 0.3) is 0 Å². The molecule has 1 aliphatic heterocycles. The maximum Gasteiger partial charge on any atom is 0.0992 e. The minimum absolute atomic E-state index is 0.621. The van der Waals surface area contributed by atoms with E-state index in [9.17, 15) is 0 Å². The Bertz CT molecular complexity index is 475. The van der Waals surface area contributed by atoms with E-state index in [1.165, 1.54) is 38.9 Å². The van der Waals surface area contributed by atoms with Gasteiger partial charge in [-0.15, -0.1) is 0 Å². The average Bonchev–Trinajstić information content (AvgIpc) is 2.47. The smallest absolute Gasteiger partial charge is 0.0992 e. The summed E-state index contributed by atoms with van der Waals surface area (Å²) < 4.78 is 0.960. The van der Waals surface area contributed by atoms with Crippen molar-refractivity contribution >= 4 is 21.6 Å². The third-order valence-electron chi connectivity index (χ3n) is 3.76. The highest BCUT2D eigenvalue weighted by Gasteiger charge is 2.13. The molecule has 1 atom stereocenters. The fourth-order valence-electron chi connectivity index (χ4n) is 2.66. The van der Waals surface area contributed by atoms with Gasteiger partial charge in [0.15, 0.2) is 0 Å². The summed E-state index contributed by atoms with van der Waals surface area (Å²) in [5, 5.41) is 12.3. The van der Waals surface area contributed by atoms with Crippen LogP contribution in [0.2, 0.25) is 0 Å². The molecule has 1 N–H and O–H groups in total. The van der Waals surface area contributed by atoms with E-state index in [0.29, 0.717) is 11.5 Å². The van der Waals surface area contributed by atoms with E-state index >= 15 is 0 Å². The summed E-state index contributed by atoms with van der Waals surface area (Å²) in [6.45, 7) is 6.93. The van der Waals surface area contributed by atoms with Crippen LogP contribution in [0.25, 0.3) is 0 Å². The standard InChI is InChI=1S/C16H22BrN3/c1-13(12-20-7-3-2-4-8-20)11-19-16-6-5-14(10-18)9-15(16)17/h5-6,9,13,19H,2-4,7-8,11-12H2,1H3. The van der Waals surface area contributed by atoms with Crippen molar-refractivity contribution in [2.45, 2.75) is 26.2 Å². The molecule has 0 spiro atoms. The third kappa shape index (κ3) is 4.50. The molecular weight excluding hydrogens is 314 g/mol. The summed E-state index contributed by atoms with van der Waals surface area (Å²) in [6, 6.07) is 7.83. The summed E-state index contributed by atoms with van der Waals surface area (Å²) in [7, 11) is 0. The molecule has 4 heteroatoms. The Morgan fingerprint density at radius 3 is 2.75 bits per heavy atom. The molecule has 0 amide bonds. The predicted molar refractivity (Wildman–Crippen MR) is 86.8 cm³/mol. The van der Waals surface area contributed by atoms with Gasteiger partial charge in [-0.05, 0) is 66.0 Å². The van der Waals surface area contributed by atoms with Gasteiger partial charge in [0.1, 0.15) is 0 Å². The Balaban J connectivity index is 1.80. The Morgan fingerprint density at radius 2 is 2.10 bits per heavy atom. The van der Waals surface area contributed by atoms with Crippen LogP contribution in [-0.4, -0.2) is 31.1 Å². The van der Waals surface area contributed by atoms with E-state index < -0.39 is 0 Å². The first-order valence-corrected chi connectivity index (χ1v) is 8.14. The molecule has 1 saturated heterocycles. The topological polar surface area (TPSA) is 39.1 Å². The van der Waals surface area contributed by atoms with Crippen LogP contribution >= 0.6 is 15.9 Å². The van der Waals surface area contributed by atoms with Crippen LogP contribution in [-0.2, 0) is 0 Å². The second-order valence-corrected chi connectivity index (χ2v) is 6.51. The molecule has 0 radical (unpaired) electrons.